The van der Waals surface area contributed by atoms with Gasteiger partial charge in [0, 0.05) is 27.8 Å². The van der Waals surface area contributed by atoms with E-state index in [-0.39, 0.29) is 16.2 Å². The molecule has 6 aliphatic carbocycles. The fourth-order valence-corrected chi connectivity index (χ4v) is 12.7. The van der Waals surface area contributed by atoms with Gasteiger partial charge >= 0.3 is 0 Å². The predicted molar refractivity (Wildman–Crippen MR) is 212 cm³/mol. The molecule has 6 aliphatic rings. The Hall–Kier alpha value is -4.88. The van der Waals surface area contributed by atoms with E-state index < -0.39 is 0 Å². The van der Waals surface area contributed by atoms with Crippen LogP contribution in [0.2, 0.25) is 0 Å². The van der Waals surface area contributed by atoms with E-state index in [2.05, 4.69) is 165 Å². The molecular weight excluding hydrogens is 615 g/mol. The minimum atomic E-state index is -0.0562. The molecule has 0 aliphatic heterocycles. The predicted octanol–water partition coefficient (Wildman–Crippen LogP) is 13.2. The number of benzene rings is 6. The molecule has 4 fully saturated rings. The summed E-state index contributed by atoms with van der Waals surface area (Å²) in [5, 5.41) is 0. The molecule has 51 heavy (non-hydrogen) atoms. The van der Waals surface area contributed by atoms with Crippen LogP contribution >= 0.6 is 0 Å². The van der Waals surface area contributed by atoms with Crippen molar-refractivity contribution in [3.05, 3.63) is 162 Å². The van der Waals surface area contributed by atoms with E-state index in [9.17, 15) is 0 Å². The highest BCUT2D eigenvalue weighted by atomic mass is 15.1. The van der Waals surface area contributed by atoms with Crippen molar-refractivity contribution < 1.29 is 0 Å². The van der Waals surface area contributed by atoms with Crippen LogP contribution in [-0.2, 0) is 10.8 Å². The number of anilines is 3. The summed E-state index contributed by atoms with van der Waals surface area (Å²) in [6.45, 7) is 7.47. The molecule has 1 heteroatoms. The second-order valence-electron chi connectivity index (χ2n) is 17.3. The lowest BCUT2D eigenvalue weighted by atomic mass is 9.37. The van der Waals surface area contributed by atoms with Crippen LogP contribution < -0.4 is 4.90 Å². The Morgan fingerprint density at radius 2 is 1.14 bits per heavy atom. The first-order valence-corrected chi connectivity index (χ1v) is 19.3. The van der Waals surface area contributed by atoms with E-state index >= 15 is 0 Å². The first kappa shape index (κ1) is 29.8. The highest BCUT2D eigenvalue weighted by Gasteiger charge is 2.67. The number of hydrogen-bond donors (Lipinski definition) is 0. The number of fused-ring (bicyclic) bond motifs is 6. The summed E-state index contributed by atoms with van der Waals surface area (Å²) in [6.07, 6.45) is 6.87. The van der Waals surface area contributed by atoms with Crippen molar-refractivity contribution in [3.8, 4) is 33.4 Å². The topological polar surface area (TPSA) is 3.24 Å². The molecule has 250 valence electrons. The van der Waals surface area contributed by atoms with Gasteiger partial charge in [-0.15, -0.1) is 0 Å². The molecule has 0 aromatic heterocycles. The third-order valence-electron chi connectivity index (χ3n) is 14.3. The standard InChI is InChI=1S/C50H45N/c1-48(2)42-18-11-10-17-41(42)47-43(48)19-12-20-46(47)51(37-15-8-5-9-16-37)38-22-24-40-39-23-21-35(34-13-6-4-7-14-34)28-44(39)50(45(40)29-38)36-26-32-25-33(27-36)31-49(50,3)30-32/h4-24,28-29,32-33,36H,25-27,30-31H2,1-3H3. The van der Waals surface area contributed by atoms with Gasteiger partial charge in [-0.3, -0.25) is 0 Å². The fourth-order valence-electron chi connectivity index (χ4n) is 12.7. The van der Waals surface area contributed by atoms with E-state index in [0.29, 0.717) is 5.92 Å². The minimum absolute atomic E-state index is 0.0153. The summed E-state index contributed by atoms with van der Waals surface area (Å²) in [4.78, 5) is 2.57. The van der Waals surface area contributed by atoms with Crippen LogP contribution in [0.3, 0.4) is 0 Å². The van der Waals surface area contributed by atoms with Crippen LogP contribution in [-0.4, -0.2) is 0 Å². The largest absolute Gasteiger partial charge is 0.310 e. The van der Waals surface area contributed by atoms with Crippen molar-refractivity contribution in [2.45, 2.75) is 63.7 Å². The summed E-state index contributed by atoms with van der Waals surface area (Å²) < 4.78 is 0. The lowest BCUT2D eigenvalue weighted by Crippen LogP contribution is -2.61. The molecule has 4 bridgehead atoms. The van der Waals surface area contributed by atoms with Crippen molar-refractivity contribution in [1.29, 1.82) is 0 Å². The van der Waals surface area contributed by atoms with Crippen LogP contribution in [0.15, 0.2) is 140 Å². The quantitative estimate of drug-likeness (QED) is 0.182. The number of para-hydroxylation sites is 1. The Bertz CT molecular complexity index is 2350. The minimum Gasteiger partial charge on any atom is -0.310 e. The summed E-state index contributed by atoms with van der Waals surface area (Å²) in [5.41, 5.74) is 18.3. The van der Waals surface area contributed by atoms with Crippen LogP contribution in [0.5, 0.6) is 0 Å². The SMILES string of the molecule is CC1(C)c2ccccc2-c2c(N(c3ccccc3)c3ccc4c(c3)C3(c5cc(-c6ccccc6)ccc5-4)C4CC5CC(C4)CC3(C)C5)cccc21. The maximum Gasteiger partial charge on any atom is 0.0543 e. The molecule has 1 nitrogen and oxygen atoms in total. The highest BCUT2D eigenvalue weighted by molar-refractivity contribution is 5.96. The average Bonchev–Trinajstić information content (AvgIpc) is 3.57. The Morgan fingerprint density at radius 1 is 0.490 bits per heavy atom. The Labute approximate surface area is 303 Å². The Morgan fingerprint density at radius 3 is 1.88 bits per heavy atom. The molecule has 6 aromatic rings. The van der Waals surface area contributed by atoms with Crippen LogP contribution in [0, 0.1) is 23.2 Å². The van der Waals surface area contributed by atoms with Gasteiger partial charge in [0.15, 0.2) is 0 Å². The maximum atomic E-state index is 2.69. The van der Waals surface area contributed by atoms with Crippen molar-refractivity contribution in [1.82, 2.24) is 0 Å². The molecule has 0 N–H and O–H groups in total. The number of hydrogen-bond acceptors (Lipinski definition) is 1. The molecular formula is C50H45N. The van der Waals surface area contributed by atoms with Crippen LogP contribution in [0.25, 0.3) is 33.4 Å². The van der Waals surface area contributed by atoms with Crippen molar-refractivity contribution >= 4 is 17.1 Å². The number of rotatable bonds is 4. The monoisotopic (exact) mass is 659 g/mol. The second kappa shape index (κ2) is 10.3. The molecule has 0 amide bonds. The maximum absolute atomic E-state index is 2.69. The van der Waals surface area contributed by atoms with E-state index in [4.69, 9.17) is 0 Å². The van der Waals surface area contributed by atoms with Gasteiger partial charge in [0.2, 0.25) is 0 Å². The lowest BCUT2D eigenvalue weighted by molar-refractivity contribution is -0.102. The van der Waals surface area contributed by atoms with Crippen molar-refractivity contribution in [2.24, 2.45) is 23.2 Å². The first-order valence-electron chi connectivity index (χ1n) is 19.3. The van der Waals surface area contributed by atoms with Crippen LogP contribution in [0.1, 0.15) is 75.1 Å². The van der Waals surface area contributed by atoms with E-state index in [1.54, 1.807) is 11.1 Å². The molecule has 0 radical (unpaired) electrons. The van der Waals surface area contributed by atoms with Gasteiger partial charge in [-0.05, 0) is 142 Å². The summed E-state index contributed by atoms with van der Waals surface area (Å²) in [6, 6.07) is 53.3. The van der Waals surface area contributed by atoms with Gasteiger partial charge in [0.1, 0.15) is 0 Å². The molecule has 6 aromatic carbocycles. The van der Waals surface area contributed by atoms with Gasteiger partial charge in [0.25, 0.3) is 0 Å². The first-order chi connectivity index (χ1) is 24.9. The molecule has 0 saturated heterocycles. The second-order valence-corrected chi connectivity index (χ2v) is 17.3. The molecule has 3 unspecified atom stereocenters. The Kier molecular flexibility index (Phi) is 6.05. The van der Waals surface area contributed by atoms with E-state index in [1.807, 2.05) is 0 Å². The van der Waals surface area contributed by atoms with Gasteiger partial charge in [-0.2, -0.15) is 0 Å². The lowest BCUT2D eigenvalue weighted by Gasteiger charge is -2.66. The van der Waals surface area contributed by atoms with E-state index in [1.165, 1.54) is 93.7 Å². The smallest absolute Gasteiger partial charge is 0.0543 e. The fraction of sp³-hybridized carbons (Fsp3) is 0.280. The van der Waals surface area contributed by atoms with E-state index in [0.717, 1.165) is 11.8 Å². The summed E-state index contributed by atoms with van der Waals surface area (Å²) in [5.74, 6) is 2.43. The normalized spacial score (nSPS) is 26.8. The average molecular weight is 660 g/mol. The zero-order valence-electron chi connectivity index (χ0n) is 30.0. The van der Waals surface area contributed by atoms with Crippen LogP contribution in [0.4, 0.5) is 17.1 Å². The third-order valence-corrected chi connectivity index (χ3v) is 14.3. The van der Waals surface area contributed by atoms with Gasteiger partial charge in [-0.1, -0.05) is 124 Å². The molecule has 0 heterocycles. The van der Waals surface area contributed by atoms with Gasteiger partial charge in [-0.25, -0.2) is 0 Å². The Balaban J connectivity index is 1.17. The number of nitrogens with zero attached hydrogens (tertiary/aromatic N) is 1. The van der Waals surface area contributed by atoms with Gasteiger partial charge in [0.05, 0.1) is 5.69 Å². The van der Waals surface area contributed by atoms with Gasteiger partial charge < -0.3 is 4.90 Å². The summed E-state index contributed by atoms with van der Waals surface area (Å²) >= 11 is 0. The summed E-state index contributed by atoms with van der Waals surface area (Å²) in [7, 11) is 0. The zero-order valence-corrected chi connectivity index (χ0v) is 30.0. The zero-order chi connectivity index (χ0) is 34.1. The molecule has 12 rings (SSSR count). The third kappa shape index (κ3) is 3.88. The highest BCUT2D eigenvalue weighted by Crippen LogP contribution is 2.74. The molecule has 1 spiro atoms. The molecule has 4 saturated carbocycles. The van der Waals surface area contributed by atoms with Crippen molar-refractivity contribution in [2.75, 3.05) is 4.90 Å². The molecule has 3 atom stereocenters. The van der Waals surface area contributed by atoms with Crippen molar-refractivity contribution in [3.63, 3.8) is 0 Å².